The minimum absolute atomic E-state index is 0.107. The molecule has 2 aromatic rings. The smallest absolute Gasteiger partial charge is 0.292 e. The summed E-state index contributed by atoms with van der Waals surface area (Å²) < 4.78 is 2.12. The Labute approximate surface area is 112 Å². The van der Waals surface area contributed by atoms with E-state index < -0.39 is 0 Å². The van der Waals surface area contributed by atoms with Gasteiger partial charge in [0.1, 0.15) is 5.69 Å². The van der Waals surface area contributed by atoms with E-state index in [1.807, 2.05) is 12.3 Å². The van der Waals surface area contributed by atoms with Crippen molar-refractivity contribution in [2.75, 3.05) is 5.32 Å². The first kappa shape index (κ1) is 13.1. The average Bonchev–Trinajstić information content (AvgIpc) is 2.85. The number of anilines is 1. The van der Waals surface area contributed by atoms with E-state index >= 15 is 0 Å². The van der Waals surface area contributed by atoms with Gasteiger partial charge < -0.3 is 9.88 Å². The maximum Gasteiger partial charge on any atom is 0.292 e. The topological polar surface area (TPSA) is 60.1 Å². The molecule has 0 saturated heterocycles. The van der Waals surface area contributed by atoms with Crippen LogP contribution in [0.5, 0.6) is 0 Å². The second-order valence-corrected chi connectivity index (χ2v) is 4.39. The van der Waals surface area contributed by atoms with Gasteiger partial charge in [-0.05, 0) is 24.1 Å². The van der Waals surface area contributed by atoms with Gasteiger partial charge in [-0.1, -0.05) is 19.1 Å². The molecule has 0 spiro atoms. The molecule has 19 heavy (non-hydrogen) atoms. The van der Waals surface area contributed by atoms with Crippen LogP contribution >= 0.6 is 0 Å². The highest BCUT2D eigenvalue weighted by atomic mass is 16.6. The summed E-state index contributed by atoms with van der Waals surface area (Å²) in [7, 11) is 0. The Bertz CT molecular complexity index is 563. The fourth-order valence-electron chi connectivity index (χ4n) is 1.97. The van der Waals surface area contributed by atoms with Crippen molar-refractivity contribution in [2.24, 2.45) is 0 Å². The number of rotatable bonds is 6. The highest BCUT2D eigenvalue weighted by Crippen LogP contribution is 2.23. The van der Waals surface area contributed by atoms with Gasteiger partial charge in [-0.15, -0.1) is 0 Å². The summed E-state index contributed by atoms with van der Waals surface area (Å²) in [6.07, 6.45) is 5.18. The van der Waals surface area contributed by atoms with E-state index in [0.29, 0.717) is 12.2 Å². The zero-order valence-corrected chi connectivity index (χ0v) is 10.9. The summed E-state index contributed by atoms with van der Waals surface area (Å²) in [6.45, 7) is 3.71. The molecule has 0 aliphatic heterocycles. The summed E-state index contributed by atoms with van der Waals surface area (Å²) in [5.41, 5.74) is 1.78. The van der Waals surface area contributed by atoms with Crippen molar-refractivity contribution >= 4 is 11.4 Å². The van der Waals surface area contributed by atoms with Gasteiger partial charge in [-0.25, -0.2) is 0 Å². The largest absolute Gasteiger partial charge is 0.375 e. The van der Waals surface area contributed by atoms with E-state index in [0.717, 1.165) is 18.5 Å². The molecule has 0 fully saturated rings. The summed E-state index contributed by atoms with van der Waals surface area (Å²) >= 11 is 0. The molecule has 1 aromatic carbocycles. The number of nitrogens with one attached hydrogen (secondary N) is 1. The normalized spacial score (nSPS) is 10.4. The molecule has 1 aromatic heterocycles. The molecule has 5 nitrogen and oxygen atoms in total. The molecule has 1 heterocycles. The lowest BCUT2D eigenvalue weighted by atomic mass is 10.2. The Morgan fingerprint density at radius 1 is 1.32 bits per heavy atom. The number of para-hydroxylation sites is 2. The maximum atomic E-state index is 10.9. The van der Waals surface area contributed by atoms with Crippen LogP contribution in [0.25, 0.3) is 0 Å². The standard InChI is InChI=1S/C14H17N3O2/c1-2-8-16-9-7-12(11-16)10-15-13-5-3-4-6-14(13)17(18)19/h3-7,9,11,15H,2,8,10H2,1H3. The van der Waals surface area contributed by atoms with Gasteiger partial charge in [-0.2, -0.15) is 0 Å². The number of nitrogens with zero attached hydrogens (tertiary/aromatic N) is 2. The van der Waals surface area contributed by atoms with Crippen molar-refractivity contribution in [2.45, 2.75) is 26.4 Å². The average molecular weight is 259 g/mol. The third-order valence-electron chi connectivity index (χ3n) is 2.88. The lowest BCUT2D eigenvalue weighted by Crippen LogP contribution is -2.02. The van der Waals surface area contributed by atoms with Gasteiger partial charge in [0.15, 0.2) is 0 Å². The Morgan fingerprint density at radius 2 is 2.11 bits per heavy atom. The summed E-state index contributed by atoms with van der Waals surface area (Å²) in [6, 6.07) is 8.71. The fourth-order valence-corrected chi connectivity index (χ4v) is 1.97. The molecule has 0 unspecified atom stereocenters. The van der Waals surface area contributed by atoms with E-state index in [-0.39, 0.29) is 10.6 Å². The van der Waals surface area contributed by atoms with Crippen LogP contribution in [-0.4, -0.2) is 9.49 Å². The Balaban J connectivity index is 2.03. The van der Waals surface area contributed by atoms with Crippen LogP contribution < -0.4 is 5.32 Å². The summed E-state index contributed by atoms with van der Waals surface area (Å²) in [4.78, 5) is 10.5. The molecule has 100 valence electrons. The van der Waals surface area contributed by atoms with Crippen LogP contribution in [0, 0.1) is 10.1 Å². The minimum atomic E-state index is -0.370. The molecule has 0 bridgehead atoms. The third-order valence-corrected chi connectivity index (χ3v) is 2.88. The van der Waals surface area contributed by atoms with Crippen molar-refractivity contribution in [3.8, 4) is 0 Å². The van der Waals surface area contributed by atoms with Gasteiger partial charge in [0, 0.05) is 31.5 Å². The lowest BCUT2D eigenvalue weighted by Gasteiger charge is -2.05. The Morgan fingerprint density at radius 3 is 2.84 bits per heavy atom. The Hall–Kier alpha value is -2.30. The second kappa shape index (κ2) is 6.04. The van der Waals surface area contributed by atoms with Crippen molar-refractivity contribution < 1.29 is 4.92 Å². The van der Waals surface area contributed by atoms with E-state index in [4.69, 9.17) is 0 Å². The van der Waals surface area contributed by atoms with Crippen molar-refractivity contribution in [1.29, 1.82) is 0 Å². The van der Waals surface area contributed by atoms with Gasteiger partial charge in [0.2, 0.25) is 0 Å². The first-order valence-electron chi connectivity index (χ1n) is 6.32. The van der Waals surface area contributed by atoms with Crippen LogP contribution in [-0.2, 0) is 13.1 Å². The molecule has 1 N–H and O–H groups in total. The van der Waals surface area contributed by atoms with Gasteiger partial charge in [0.25, 0.3) is 5.69 Å². The predicted octanol–water partition coefficient (Wildman–Crippen LogP) is 3.42. The van der Waals surface area contributed by atoms with E-state index in [1.165, 1.54) is 6.07 Å². The van der Waals surface area contributed by atoms with E-state index in [2.05, 4.69) is 23.0 Å². The van der Waals surface area contributed by atoms with Crippen LogP contribution in [0.3, 0.4) is 0 Å². The molecular weight excluding hydrogens is 242 g/mol. The number of nitro groups is 1. The molecule has 2 rings (SSSR count). The van der Waals surface area contributed by atoms with Crippen molar-refractivity contribution in [3.05, 3.63) is 58.4 Å². The molecule has 5 heteroatoms. The number of benzene rings is 1. The van der Waals surface area contributed by atoms with Crippen LogP contribution in [0.2, 0.25) is 0 Å². The van der Waals surface area contributed by atoms with Gasteiger partial charge in [0.05, 0.1) is 4.92 Å². The van der Waals surface area contributed by atoms with E-state index in [9.17, 15) is 10.1 Å². The molecule has 0 amide bonds. The fraction of sp³-hybridized carbons (Fsp3) is 0.286. The molecular formula is C14H17N3O2. The summed E-state index contributed by atoms with van der Waals surface area (Å²) in [5, 5.41) is 14.0. The number of hydrogen-bond donors (Lipinski definition) is 1. The SMILES string of the molecule is CCCn1ccc(CNc2ccccc2[N+](=O)[O-])c1. The van der Waals surface area contributed by atoms with E-state index in [1.54, 1.807) is 18.2 Å². The highest BCUT2D eigenvalue weighted by Gasteiger charge is 2.11. The number of nitro benzene ring substituents is 1. The van der Waals surface area contributed by atoms with Gasteiger partial charge >= 0.3 is 0 Å². The van der Waals surface area contributed by atoms with Crippen molar-refractivity contribution in [1.82, 2.24) is 4.57 Å². The zero-order valence-electron chi connectivity index (χ0n) is 10.9. The first-order valence-corrected chi connectivity index (χ1v) is 6.32. The maximum absolute atomic E-state index is 10.9. The number of hydrogen-bond acceptors (Lipinski definition) is 3. The molecule has 0 aliphatic rings. The zero-order chi connectivity index (χ0) is 13.7. The molecule has 0 aliphatic carbocycles. The summed E-state index contributed by atoms with van der Waals surface area (Å²) in [5.74, 6) is 0. The monoisotopic (exact) mass is 259 g/mol. The third kappa shape index (κ3) is 3.34. The molecule has 0 radical (unpaired) electrons. The van der Waals surface area contributed by atoms with Crippen LogP contribution in [0.15, 0.2) is 42.7 Å². The van der Waals surface area contributed by atoms with Gasteiger partial charge in [-0.3, -0.25) is 10.1 Å². The van der Waals surface area contributed by atoms with Crippen LogP contribution in [0.1, 0.15) is 18.9 Å². The predicted molar refractivity (Wildman–Crippen MR) is 75.1 cm³/mol. The Kier molecular flexibility index (Phi) is 4.18. The molecule has 0 atom stereocenters. The number of aromatic nitrogens is 1. The highest BCUT2D eigenvalue weighted by molar-refractivity contribution is 5.61. The minimum Gasteiger partial charge on any atom is -0.375 e. The molecule has 0 saturated carbocycles. The van der Waals surface area contributed by atoms with Crippen molar-refractivity contribution in [3.63, 3.8) is 0 Å². The lowest BCUT2D eigenvalue weighted by molar-refractivity contribution is -0.384. The first-order chi connectivity index (χ1) is 9.20. The second-order valence-electron chi connectivity index (χ2n) is 4.39. The number of aryl methyl sites for hydroxylation is 1. The quantitative estimate of drug-likeness (QED) is 0.638. The van der Waals surface area contributed by atoms with Crippen LogP contribution in [0.4, 0.5) is 11.4 Å².